The molecule has 4 heterocycles. The van der Waals surface area contributed by atoms with Gasteiger partial charge in [-0.2, -0.15) is 0 Å². The fourth-order valence-corrected chi connectivity index (χ4v) is 19.4. The Bertz CT molecular complexity index is 2520. The molecule has 10 rings (SSSR count). The SMILES string of the molecule is CC1=C([Si](C)(C)C2=C(C)C=C3C2=CC(C)N3c2ccccc2)C2=CC(C)N(c3ccccc3)C2=C1.CC1=CC2=CC(C)=C([Si](C)(C)C3=C(C)C=C4C=C(C)N=C43)C2=N1.[Cl-].[Cl-].[Cl-].[Cl-].[Zr+4].[Zr+4]. The van der Waals surface area contributed by atoms with E-state index in [-0.39, 0.29) is 102 Å². The number of fused-ring (bicyclic) bond motifs is 4. The Hall–Kier alpha value is -2.38. The van der Waals surface area contributed by atoms with Crippen molar-refractivity contribution in [3.63, 3.8) is 0 Å². The first kappa shape index (κ1) is 55.9. The Labute approximate surface area is 447 Å². The predicted molar refractivity (Wildman–Crippen MR) is 253 cm³/mol. The van der Waals surface area contributed by atoms with E-state index in [0.717, 1.165) is 11.4 Å². The van der Waals surface area contributed by atoms with Crippen molar-refractivity contribution in [1.82, 2.24) is 0 Å². The van der Waals surface area contributed by atoms with E-state index in [1.807, 2.05) is 0 Å². The van der Waals surface area contributed by atoms with Crippen molar-refractivity contribution in [3.8, 4) is 0 Å². The van der Waals surface area contributed by atoms with Crippen LogP contribution in [0, 0.1) is 0 Å². The molecule has 12 heteroatoms. The van der Waals surface area contributed by atoms with Gasteiger partial charge >= 0.3 is 52.4 Å². The van der Waals surface area contributed by atoms with Crippen LogP contribution in [0.5, 0.6) is 0 Å². The largest absolute Gasteiger partial charge is 4.00 e. The van der Waals surface area contributed by atoms with E-state index in [2.05, 4.69) is 201 Å². The number of hydrogen-bond donors (Lipinski definition) is 0. The summed E-state index contributed by atoms with van der Waals surface area (Å²) in [6, 6.07) is 22.4. The number of aliphatic imine (C=N–C) groups is 2. The Morgan fingerprint density at radius 3 is 1.09 bits per heavy atom. The monoisotopic (exact) mass is 1110 g/mol. The Morgan fingerprint density at radius 2 is 0.750 bits per heavy atom. The molecule has 324 valence electrons. The van der Waals surface area contributed by atoms with E-state index >= 15 is 0 Å². The molecule has 0 bridgehead atoms. The molecule has 4 nitrogen and oxygen atoms in total. The number of benzene rings is 2. The van der Waals surface area contributed by atoms with Crippen molar-refractivity contribution in [3.05, 3.63) is 197 Å². The number of halogens is 4. The van der Waals surface area contributed by atoms with Crippen molar-refractivity contribution in [2.75, 3.05) is 9.80 Å². The summed E-state index contributed by atoms with van der Waals surface area (Å²) in [4.78, 5) is 14.7. The molecule has 0 saturated carbocycles. The van der Waals surface area contributed by atoms with E-state index < -0.39 is 16.1 Å². The van der Waals surface area contributed by atoms with Gasteiger partial charge in [0.1, 0.15) is 16.1 Å². The second-order valence-corrected chi connectivity index (χ2v) is 26.8. The average Bonchev–Trinajstić information content (AvgIpc) is 4.02. The molecule has 2 aromatic carbocycles. The standard InChI is InChI=1S/C32H34N2Si.C20H22N2Si.4ClH.2Zr/c1-21-17-29-27(19-23(3)33(29)25-13-9-7-10-14-25)31(21)35(5,6)32-22(2)18-30-28(32)20-24(4)34(30)26-15-11-8-12-16-26;1-11-7-15-9-13(3)21-17(15)19(11)23(5,6)20-12(2)8-16-10-14(4)22-18(16)20;;;;;;/h7-20,23-24H,1-6H3;7-10H,1-6H3;4*1H;;/q;;;;;;2*+4/p-4. The van der Waals surface area contributed by atoms with Gasteiger partial charge in [0, 0.05) is 45.3 Å². The maximum absolute atomic E-state index is 4.84. The first-order valence-corrected chi connectivity index (χ1v) is 27.0. The average molecular weight is 1120 g/mol. The number of nitrogens with zero attached hydrogens (tertiary/aromatic N) is 4. The van der Waals surface area contributed by atoms with Gasteiger partial charge in [0.25, 0.3) is 0 Å². The van der Waals surface area contributed by atoms with Gasteiger partial charge in [-0.1, -0.05) is 74.7 Å². The summed E-state index contributed by atoms with van der Waals surface area (Å²) in [7, 11) is -3.86. The first-order chi connectivity index (χ1) is 27.6. The zero-order chi connectivity index (χ0) is 41.0. The summed E-state index contributed by atoms with van der Waals surface area (Å²) in [5.74, 6) is 0. The first-order valence-electron chi connectivity index (χ1n) is 21.0. The van der Waals surface area contributed by atoms with E-state index in [4.69, 9.17) is 9.98 Å². The molecule has 0 radical (unpaired) electrons. The number of rotatable bonds is 6. The van der Waals surface area contributed by atoms with Crippen LogP contribution < -0.4 is 59.4 Å². The third-order valence-corrected chi connectivity index (χ3v) is 20.8. The van der Waals surface area contributed by atoms with Gasteiger partial charge in [-0.25, -0.2) is 0 Å². The molecule has 64 heavy (non-hydrogen) atoms. The smallest absolute Gasteiger partial charge is 1.00 e. The van der Waals surface area contributed by atoms with Crippen LogP contribution >= 0.6 is 0 Å². The fourth-order valence-electron chi connectivity index (χ4n) is 11.3. The number of hydrogen-bond acceptors (Lipinski definition) is 4. The maximum atomic E-state index is 4.84. The summed E-state index contributed by atoms with van der Waals surface area (Å²) in [6.45, 7) is 27.9. The second kappa shape index (κ2) is 20.9. The molecular weight excluding hydrogens is 1060 g/mol. The summed E-state index contributed by atoms with van der Waals surface area (Å²) < 4.78 is 0. The van der Waals surface area contributed by atoms with Gasteiger partial charge in [0.15, 0.2) is 0 Å². The summed E-state index contributed by atoms with van der Waals surface area (Å²) in [5, 5.41) is 6.18. The molecule has 0 amide bonds. The molecule has 2 atom stereocenters. The van der Waals surface area contributed by atoms with Crippen molar-refractivity contribution in [2.24, 2.45) is 9.98 Å². The zero-order valence-electron chi connectivity index (χ0n) is 38.8. The van der Waals surface area contributed by atoms with E-state index in [9.17, 15) is 0 Å². The Balaban J connectivity index is 0.000000332. The van der Waals surface area contributed by atoms with Crippen molar-refractivity contribution < 1.29 is 102 Å². The van der Waals surface area contributed by atoms with Crippen LogP contribution in [0.1, 0.15) is 55.4 Å². The van der Waals surface area contributed by atoms with Crippen LogP contribution in [-0.4, -0.2) is 39.7 Å². The predicted octanol–water partition coefficient (Wildman–Crippen LogP) is 0.885. The van der Waals surface area contributed by atoms with Crippen molar-refractivity contribution in [1.29, 1.82) is 0 Å². The van der Waals surface area contributed by atoms with E-state index in [0.29, 0.717) is 12.1 Å². The van der Waals surface area contributed by atoms with Gasteiger partial charge in [-0.15, -0.1) is 0 Å². The molecule has 4 aliphatic heterocycles. The van der Waals surface area contributed by atoms with Gasteiger partial charge in [-0.3, -0.25) is 9.98 Å². The zero-order valence-corrected chi connectivity index (χ0v) is 48.8. The minimum absolute atomic E-state index is 0. The van der Waals surface area contributed by atoms with Crippen LogP contribution in [0.15, 0.2) is 207 Å². The summed E-state index contributed by atoms with van der Waals surface area (Å²) >= 11 is 0. The van der Waals surface area contributed by atoms with E-state index in [1.165, 1.54) is 89.2 Å². The van der Waals surface area contributed by atoms with Crippen LogP contribution in [-0.2, 0) is 52.4 Å². The second-order valence-electron chi connectivity index (χ2n) is 18.3. The van der Waals surface area contributed by atoms with Crippen LogP contribution in [0.2, 0.25) is 26.2 Å². The fraction of sp³-hybridized carbons (Fsp3) is 0.269. The molecule has 0 fully saturated rings. The third-order valence-electron chi connectivity index (χ3n) is 13.2. The normalized spacial score (nSPS) is 21.0. The van der Waals surface area contributed by atoms with Gasteiger partial charge in [0.2, 0.25) is 0 Å². The quantitative estimate of drug-likeness (QED) is 0.404. The van der Waals surface area contributed by atoms with Gasteiger partial charge in [0.05, 0.1) is 23.5 Å². The van der Waals surface area contributed by atoms with Crippen LogP contribution in [0.3, 0.4) is 0 Å². The molecule has 0 saturated heterocycles. The minimum atomic E-state index is -1.99. The summed E-state index contributed by atoms with van der Waals surface area (Å²) in [6.07, 6.45) is 18.9. The van der Waals surface area contributed by atoms with Gasteiger partial charge in [-0.05, 0) is 170 Å². The van der Waals surface area contributed by atoms with Crippen LogP contribution in [0.4, 0.5) is 11.4 Å². The van der Waals surface area contributed by atoms with E-state index in [1.54, 1.807) is 10.4 Å². The minimum Gasteiger partial charge on any atom is -1.00 e. The topological polar surface area (TPSA) is 31.2 Å². The molecule has 8 aliphatic rings. The maximum Gasteiger partial charge on any atom is 4.00 e. The number of anilines is 2. The number of allylic oxidation sites excluding steroid dienone is 18. The van der Waals surface area contributed by atoms with Crippen molar-refractivity contribution in [2.45, 2.75) is 93.7 Å². The molecule has 0 N–H and O–H groups in total. The molecule has 2 aromatic rings. The molecular formula is C52H56Cl4N4Si2Zr2+4. The van der Waals surface area contributed by atoms with Crippen LogP contribution in [0.25, 0.3) is 0 Å². The Morgan fingerprint density at radius 1 is 0.438 bits per heavy atom. The molecule has 4 aliphatic carbocycles. The number of para-hydroxylation sites is 2. The third kappa shape index (κ3) is 9.15. The Kier molecular flexibility index (Phi) is 18.2. The summed E-state index contributed by atoms with van der Waals surface area (Å²) in [5.41, 5.74) is 21.1. The molecule has 0 aromatic heterocycles. The van der Waals surface area contributed by atoms with Crippen molar-refractivity contribution >= 4 is 38.9 Å². The van der Waals surface area contributed by atoms with Gasteiger partial charge < -0.3 is 59.4 Å². The molecule has 0 spiro atoms. The molecule has 2 unspecified atom stereocenters.